The molecular formula is C8H13. The van der Waals surface area contributed by atoms with Crippen LogP contribution in [0.25, 0.3) is 0 Å². The van der Waals surface area contributed by atoms with Crippen LogP contribution in [0.2, 0.25) is 0 Å². The first kappa shape index (κ1) is 4.84. The van der Waals surface area contributed by atoms with Crippen molar-refractivity contribution in [1.29, 1.82) is 0 Å². The predicted molar refractivity (Wildman–Crippen MR) is 34.4 cm³/mol. The molecule has 2 saturated carbocycles. The van der Waals surface area contributed by atoms with E-state index in [1.807, 2.05) is 0 Å². The van der Waals surface area contributed by atoms with E-state index < -0.39 is 0 Å². The smallest absolute Gasteiger partial charge is 0.0266 e. The molecule has 0 saturated heterocycles. The molecule has 1 spiro atoms. The molecule has 0 aromatic heterocycles. The fourth-order valence-corrected chi connectivity index (χ4v) is 2.12. The van der Waals surface area contributed by atoms with Crippen LogP contribution in [0, 0.1) is 18.3 Å². The lowest BCUT2D eigenvalue weighted by Crippen LogP contribution is -1.92. The Morgan fingerprint density at radius 3 is 2.00 bits per heavy atom. The average molecular weight is 109 g/mol. The lowest BCUT2D eigenvalue weighted by molar-refractivity contribution is 0.502. The summed E-state index contributed by atoms with van der Waals surface area (Å²) in [7, 11) is 0. The second-order valence-corrected chi connectivity index (χ2v) is 3.47. The summed E-state index contributed by atoms with van der Waals surface area (Å²) in [5.41, 5.74) is 0.792. The minimum absolute atomic E-state index is 0.792. The largest absolute Gasteiger partial charge is 0.0527 e. The molecular weight excluding hydrogens is 96.1 g/mol. The monoisotopic (exact) mass is 109 g/mol. The van der Waals surface area contributed by atoms with Gasteiger partial charge in [-0.3, -0.25) is 0 Å². The maximum atomic E-state index is 4.09. The summed E-state index contributed by atoms with van der Waals surface area (Å²) in [6.45, 7) is 4.09. The molecule has 1 unspecified atom stereocenters. The molecule has 2 fully saturated rings. The number of rotatable bonds is 0. The molecule has 0 aliphatic heterocycles. The summed E-state index contributed by atoms with van der Waals surface area (Å²) in [6, 6.07) is 0. The van der Waals surface area contributed by atoms with Crippen molar-refractivity contribution in [1.82, 2.24) is 0 Å². The van der Waals surface area contributed by atoms with Gasteiger partial charge in [-0.05, 0) is 37.5 Å². The van der Waals surface area contributed by atoms with Crippen LogP contribution in [0.4, 0.5) is 0 Å². The zero-order chi connectivity index (χ0) is 5.61. The first-order valence-electron chi connectivity index (χ1n) is 3.67. The van der Waals surface area contributed by atoms with E-state index >= 15 is 0 Å². The first-order valence-corrected chi connectivity index (χ1v) is 3.67. The van der Waals surface area contributed by atoms with Crippen molar-refractivity contribution in [3.63, 3.8) is 0 Å². The highest BCUT2D eigenvalue weighted by molar-refractivity contribution is 5.05. The van der Waals surface area contributed by atoms with Crippen LogP contribution < -0.4 is 0 Å². The molecule has 0 amide bonds. The highest BCUT2D eigenvalue weighted by Gasteiger charge is 2.51. The van der Waals surface area contributed by atoms with Crippen LogP contribution in [0.5, 0.6) is 0 Å². The topological polar surface area (TPSA) is 0 Å². The Bertz CT molecular complexity index is 98.6. The molecule has 2 rings (SSSR count). The fraction of sp³-hybridized carbons (Fsp3) is 0.875. The zero-order valence-corrected chi connectivity index (χ0v) is 5.32. The van der Waals surface area contributed by atoms with Crippen molar-refractivity contribution in [3.8, 4) is 0 Å². The van der Waals surface area contributed by atoms with Gasteiger partial charge in [-0.25, -0.2) is 0 Å². The van der Waals surface area contributed by atoms with E-state index in [1.54, 1.807) is 0 Å². The van der Waals surface area contributed by atoms with Gasteiger partial charge in [-0.2, -0.15) is 0 Å². The third-order valence-electron chi connectivity index (χ3n) is 2.96. The van der Waals surface area contributed by atoms with E-state index in [1.165, 1.54) is 32.1 Å². The third kappa shape index (κ3) is 0.463. The van der Waals surface area contributed by atoms with Gasteiger partial charge in [-0.15, -0.1) is 0 Å². The van der Waals surface area contributed by atoms with Crippen LogP contribution >= 0.6 is 0 Å². The van der Waals surface area contributed by atoms with Crippen LogP contribution in [0.15, 0.2) is 0 Å². The molecule has 0 aromatic carbocycles. The van der Waals surface area contributed by atoms with Gasteiger partial charge in [0, 0.05) is 0 Å². The van der Waals surface area contributed by atoms with E-state index in [-0.39, 0.29) is 0 Å². The van der Waals surface area contributed by atoms with Gasteiger partial charge in [0.25, 0.3) is 0 Å². The van der Waals surface area contributed by atoms with Gasteiger partial charge in [0.05, 0.1) is 0 Å². The Morgan fingerprint density at radius 1 is 1.25 bits per heavy atom. The zero-order valence-electron chi connectivity index (χ0n) is 5.32. The molecule has 0 N–H and O–H groups in total. The summed E-state index contributed by atoms with van der Waals surface area (Å²) >= 11 is 0. The summed E-state index contributed by atoms with van der Waals surface area (Å²) in [4.78, 5) is 0. The second-order valence-electron chi connectivity index (χ2n) is 3.47. The van der Waals surface area contributed by atoms with Crippen molar-refractivity contribution >= 4 is 0 Å². The average Bonchev–Trinajstić information content (AvgIpc) is 2.29. The highest BCUT2D eigenvalue weighted by Crippen LogP contribution is 2.62. The van der Waals surface area contributed by atoms with Crippen molar-refractivity contribution in [3.05, 3.63) is 6.92 Å². The van der Waals surface area contributed by atoms with Crippen LogP contribution in [0.1, 0.15) is 32.1 Å². The molecule has 8 heavy (non-hydrogen) atoms. The van der Waals surface area contributed by atoms with Gasteiger partial charge >= 0.3 is 0 Å². The van der Waals surface area contributed by atoms with Crippen LogP contribution in [-0.4, -0.2) is 0 Å². The van der Waals surface area contributed by atoms with Crippen molar-refractivity contribution in [2.24, 2.45) is 11.3 Å². The van der Waals surface area contributed by atoms with Gasteiger partial charge < -0.3 is 0 Å². The van der Waals surface area contributed by atoms with E-state index in [9.17, 15) is 0 Å². The maximum absolute atomic E-state index is 4.09. The highest BCUT2D eigenvalue weighted by atomic mass is 14.6. The van der Waals surface area contributed by atoms with E-state index in [2.05, 4.69) is 6.92 Å². The molecule has 2 aliphatic carbocycles. The second kappa shape index (κ2) is 1.29. The summed E-state index contributed by atoms with van der Waals surface area (Å²) in [5, 5.41) is 0. The van der Waals surface area contributed by atoms with E-state index in [0.717, 1.165) is 11.3 Å². The SMILES string of the molecule is [CH2]C1CC12CCCC2. The summed E-state index contributed by atoms with van der Waals surface area (Å²) in [6.07, 6.45) is 7.37. The Balaban J connectivity index is 2.06. The number of hydrogen-bond donors (Lipinski definition) is 0. The molecule has 0 aromatic rings. The maximum Gasteiger partial charge on any atom is -0.0266 e. The minimum atomic E-state index is 0.792. The Morgan fingerprint density at radius 2 is 1.75 bits per heavy atom. The van der Waals surface area contributed by atoms with Crippen LogP contribution in [-0.2, 0) is 0 Å². The van der Waals surface area contributed by atoms with Gasteiger partial charge in [0.1, 0.15) is 0 Å². The molecule has 1 radical (unpaired) electrons. The Kier molecular flexibility index (Phi) is 0.778. The molecule has 0 bridgehead atoms. The first-order chi connectivity index (χ1) is 3.83. The van der Waals surface area contributed by atoms with Gasteiger partial charge in [-0.1, -0.05) is 12.8 Å². The molecule has 0 heteroatoms. The van der Waals surface area contributed by atoms with Crippen molar-refractivity contribution in [2.45, 2.75) is 32.1 Å². The minimum Gasteiger partial charge on any atom is -0.0527 e. The normalized spacial score (nSPS) is 40.9. The Labute approximate surface area is 51.3 Å². The van der Waals surface area contributed by atoms with Crippen molar-refractivity contribution in [2.75, 3.05) is 0 Å². The molecule has 0 heterocycles. The van der Waals surface area contributed by atoms with E-state index in [4.69, 9.17) is 0 Å². The lowest BCUT2D eigenvalue weighted by atomic mass is 10.0. The predicted octanol–water partition coefficient (Wildman–Crippen LogP) is 2.40. The third-order valence-corrected chi connectivity index (χ3v) is 2.96. The summed E-state index contributed by atoms with van der Waals surface area (Å²) in [5.74, 6) is 0.838. The van der Waals surface area contributed by atoms with Crippen LogP contribution in [0.3, 0.4) is 0 Å². The van der Waals surface area contributed by atoms with Gasteiger partial charge in [0.15, 0.2) is 0 Å². The van der Waals surface area contributed by atoms with E-state index in [0.29, 0.717) is 0 Å². The van der Waals surface area contributed by atoms with Gasteiger partial charge in [0.2, 0.25) is 0 Å². The number of hydrogen-bond acceptors (Lipinski definition) is 0. The molecule has 2 aliphatic rings. The van der Waals surface area contributed by atoms with Crippen molar-refractivity contribution < 1.29 is 0 Å². The fourth-order valence-electron chi connectivity index (χ4n) is 2.12. The quantitative estimate of drug-likeness (QED) is 0.448. The molecule has 0 nitrogen and oxygen atoms in total. The molecule has 1 atom stereocenters. The Hall–Kier alpha value is 0. The lowest BCUT2D eigenvalue weighted by Gasteiger charge is -2.01. The molecule has 45 valence electrons. The standard InChI is InChI=1S/C8H13/c1-7-6-8(7)4-2-3-5-8/h7H,1-6H2. The summed E-state index contributed by atoms with van der Waals surface area (Å²) < 4.78 is 0.